The highest BCUT2D eigenvalue weighted by Gasteiger charge is 2.13. The van der Waals surface area contributed by atoms with Gasteiger partial charge in [-0.1, -0.05) is 23.7 Å². The minimum atomic E-state index is 0.728. The van der Waals surface area contributed by atoms with E-state index in [2.05, 4.69) is 63.7 Å². The summed E-state index contributed by atoms with van der Waals surface area (Å²) in [6.45, 7) is 6.33. The summed E-state index contributed by atoms with van der Waals surface area (Å²) >= 11 is 7.67. The van der Waals surface area contributed by atoms with Gasteiger partial charge in [0.1, 0.15) is 17.0 Å². The molecular weight excluding hydrogens is 388 g/mol. The van der Waals surface area contributed by atoms with E-state index < -0.39 is 0 Å². The van der Waals surface area contributed by atoms with Crippen LogP contribution in [0.25, 0.3) is 21.3 Å². The molecule has 0 spiro atoms. The predicted molar refractivity (Wildman–Crippen MR) is 121 cm³/mol. The summed E-state index contributed by atoms with van der Waals surface area (Å²) in [6.07, 6.45) is 1.61. The summed E-state index contributed by atoms with van der Waals surface area (Å²) in [7, 11) is 0. The Bertz CT molecular complexity index is 1070. The summed E-state index contributed by atoms with van der Waals surface area (Å²) in [5.41, 5.74) is 4.44. The number of halogens is 1. The Morgan fingerprint density at radius 1 is 0.964 bits per heavy atom. The Kier molecular flexibility index (Phi) is 5.46. The summed E-state index contributed by atoms with van der Waals surface area (Å²) in [5.74, 6) is 0.812. The molecule has 0 amide bonds. The first-order valence-corrected chi connectivity index (χ1v) is 10.6. The van der Waals surface area contributed by atoms with Gasteiger partial charge >= 0.3 is 0 Å². The molecule has 0 saturated heterocycles. The molecule has 0 unspecified atom stereocenters. The van der Waals surface area contributed by atoms with Gasteiger partial charge in [-0.3, -0.25) is 0 Å². The molecule has 4 aromatic rings. The third-order valence-electron chi connectivity index (χ3n) is 4.78. The molecule has 0 saturated carbocycles. The predicted octanol–water partition coefficient (Wildman–Crippen LogP) is 6.60. The molecule has 0 aliphatic carbocycles. The minimum absolute atomic E-state index is 0.728. The van der Waals surface area contributed by atoms with Gasteiger partial charge in [-0.2, -0.15) is 0 Å². The van der Waals surface area contributed by atoms with Gasteiger partial charge in [0.25, 0.3) is 0 Å². The van der Waals surface area contributed by atoms with Gasteiger partial charge in [0, 0.05) is 40.4 Å². The van der Waals surface area contributed by atoms with E-state index in [1.54, 1.807) is 17.7 Å². The van der Waals surface area contributed by atoms with Gasteiger partial charge in [-0.25, -0.2) is 9.97 Å². The molecule has 0 bridgehead atoms. The van der Waals surface area contributed by atoms with Crippen LogP contribution in [-0.4, -0.2) is 23.1 Å². The Hall–Kier alpha value is -2.63. The van der Waals surface area contributed by atoms with Crippen LogP contribution in [0.1, 0.15) is 13.8 Å². The molecule has 6 heteroatoms. The Morgan fingerprint density at radius 3 is 2.36 bits per heavy atom. The van der Waals surface area contributed by atoms with Crippen molar-refractivity contribution in [1.82, 2.24) is 9.97 Å². The van der Waals surface area contributed by atoms with Crippen LogP contribution >= 0.6 is 22.9 Å². The number of fused-ring (bicyclic) bond motifs is 1. The molecule has 4 rings (SSSR count). The lowest BCUT2D eigenvalue weighted by molar-refractivity contribution is 0.866. The molecule has 2 aromatic heterocycles. The number of nitrogens with one attached hydrogen (secondary N) is 1. The highest BCUT2D eigenvalue weighted by atomic mass is 35.5. The van der Waals surface area contributed by atoms with E-state index >= 15 is 0 Å². The fraction of sp³-hybridized carbons (Fsp3) is 0.182. The number of rotatable bonds is 6. The third-order valence-corrected chi connectivity index (χ3v) is 5.92. The zero-order valence-corrected chi connectivity index (χ0v) is 17.4. The molecule has 0 radical (unpaired) electrons. The monoisotopic (exact) mass is 408 g/mol. The van der Waals surface area contributed by atoms with Crippen molar-refractivity contribution in [1.29, 1.82) is 0 Å². The molecular formula is C22H21ClN4S. The molecule has 4 nitrogen and oxygen atoms in total. The number of aromatic nitrogens is 2. The van der Waals surface area contributed by atoms with Crippen LogP contribution in [0.5, 0.6) is 0 Å². The molecule has 2 heterocycles. The Labute approximate surface area is 173 Å². The smallest absolute Gasteiger partial charge is 0.143 e. The first-order chi connectivity index (χ1) is 13.7. The van der Waals surface area contributed by atoms with E-state index in [9.17, 15) is 0 Å². The maximum absolute atomic E-state index is 6.05. The first-order valence-electron chi connectivity index (χ1n) is 9.29. The van der Waals surface area contributed by atoms with Gasteiger partial charge in [-0.05, 0) is 55.8 Å². The van der Waals surface area contributed by atoms with Crippen molar-refractivity contribution in [2.75, 3.05) is 23.3 Å². The van der Waals surface area contributed by atoms with E-state index in [4.69, 9.17) is 11.6 Å². The lowest BCUT2D eigenvalue weighted by Crippen LogP contribution is -2.21. The van der Waals surface area contributed by atoms with Crippen LogP contribution in [0.4, 0.5) is 17.2 Å². The van der Waals surface area contributed by atoms with Crippen molar-refractivity contribution >= 4 is 50.3 Å². The number of benzene rings is 2. The second kappa shape index (κ2) is 8.17. The lowest BCUT2D eigenvalue weighted by atomic mass is 10.1. The van der Waals surface area contributed by atoms with Crippen molar-refractivity contribution < 1.29 is 0 Å². The zero-order chi connectivity index (χ0) is 19.5. The summed E-state index contributed by atoms with van der Waals surface area (Å²) in [6, 6.07) is 16.3. The second-order valence-corrected chi connectivity index (χ2v) is 7.70. The number of thiophene rings is 1. The van der Waals surface area contributed by atoms with Crippen molar-refractivity contribution in [3.05, 3.63) is 65.3 Å². The first kappa shape index (κ1) is 18.7. The summed E-state index contributed by atoms with van der Waals surface area (Å²) in [4.78, 5) is 12.2. The van der Waals surface area contributed by atoms with Crippen LogP contribution in [-0.2, 0) is 0 Å². The van der Waals surface area contributed by atoms with Gasteiger partial charge in [0.05, 0.1) is 5.39 Å². The van der Waals surface area contributed by atoms with E-state index in [1.165, 1.54) is 5.69 Å². The van der Waals surface area contributed by atoms with Gasteiger partial charge in [0.15, 0.2) is 0 Å². The average molecular weight is 409 g/mol. The minimum Gasteiger partial charge on any atom is -0.372 e. The van der Waals surface area contributed by atoms with Gasteiger partial charge < -0.3 is 10.2 Å². The average Bonchev–Trinajstić information content (AvgIpc) is 3.16. The van der Waals surface area contributed by atoms with Crippen LogP contribution in [0.3, 0.4) is 0 Å². The van der Waals surface area contributed by atoms with Crippen LogP contribution in [0, 0.1) is 0 Å². The SMILES string of the molecule is CCN(CC)c1ccc(Nc2ncnc3scc(-c4ccc(Cl)cc4)c23)cc1. The molecule has 142 valence electrons. The Balaban J connectivity index is 1.69. The molecule has 0 atom stereocenters. The topological polar surface area (TPSA) is 41.0 Å². The van der Waals surface area contributed by atoms with E-state index in [0.717, 1.165) is 51.0 Å². The van der Waals surface area contributed by atoms with Crippen molar-refractivity contribution in [2.45, 2.75) is 13.8 Å². The number of hydrogen-bond acceptors (Lipinski definition) is 5. The van der Waals surface area contributed by atoms with E-state index in [0.29, 0.717) is 0 Å². The number of hydrogen-bond donors (Lipinski definition) is 1. The maximum atomic E-state index is 6.05. The summed E-state index contributed by atoms with van der Waals surface area (Å²) in [5, 5.41) is 7.35. The molecule has 0 aliphatic rings. The van der Waals surface area contributed by atoms with Crippen molar-refractivity contribution in [3.63, 3.8) is 0 Å². The maximum Gasteiger partial charge on any atom is 0.143 e. The standard InChI is InChI=1S/C22H21ClN4S/c1-3-27(4-2)18-11-9-17(10-12-18)26-21-20-19(13-28-22(20)25-14-24-21)15-5-7-16(23)8-6-15/h5-14H,3-4H2,1-2H3,(H,24,25,26). The number of nitrogens with zero attached hydrogens (tertiary/aromatic N) is 3. The second-order valence-electron chi connectivity index (χ2n) is 6.40. The molecule has 1 N–H and O–H groups in total. The highest BCUT2D eigenvalue weighted by Crippen LogP contribution is 2.37. The van der Waals surface area contributed by atoms with Crippen LogP contribution in [0.15, 0.2) is 60.2 Å². The molecule has 2 aromatic carbocycles. The normalized spacial score (nSPS) is 11.0. The quantitative estimate of drug-likeness (QED) is 0.390. The third kappa shape index (κ3) is 3.68. The van der Waals surface area contributed by atoms with Crippen molar-refractivity contribution in [3.8, 4) is 11.1 Å². The Morgan fingerprint density at radius 2 is 1.68 bits per heavy atom. The summed E-state index contributed by atoms with van der Waals surface area (Å²) < 4.78 is 0. The van der Waals surface area contributed by atoms with Gasteiger partial charge in [-0.15, -0.1) is 11.3 Å². The fourth-order valence-corrected chi connectivity index (χ4v) is 4.33. The molecule has 0 aliphatic heterocycles. The van der Waals surface area contributed by atoms with Crippen LogP contribution in [0.2, 0.25) is 5.02 Å². The van der Waals surface area contributed by atoms with E-state index in [-0.39, 0.29) is 0 Å². The molecule has 0 fully saturated rings. The van der Waals surface area contributed by atoms with Crippen LogP contribution < -0.4 is 10.2 Å². The largest absolute Gasteiger partial charge is 0.372 e. The zero-order valence-electron chi connectivity index (χ0n) is 15.8. The van der Waals surface area contributed by atoms with E-state index in [1.807, 2.05) is 24.3 Å². The highest BCUT2D eigenvalue weighted by molar-refractivity contribution is 7.17. The lowest BCUT2D eigenvalue weighted by Gasteiger charge is -2.21. The van der Waals surface area contributed by atoms with Gasteiger partial charge in [0.2, 0.25) is 0 Å². The fourth-order valence-electron chi connectivity index (χ4n) is 3.29. The van der Waals surface area contributed by atoms with Crippen molar-refractivity contribution in [2.24, 2.45) is 0 Å². The number of anilines is 3. The molecule has 28 heavy (non-hydrogen) atoms.